The summed E-state index contributed by atoms with van der Waals surface area (Å²) >= 11 is 0. The molecular formula is C15H23N3O. The Morgan fingerprint density at radius 3 is 2.89 bits per heavy atom. The van der Waals surface area contributed by atoms with Crippen LogP contribution in [0, 0.1) is 5.92 Å². The average molecular weight is 261 g/mol. The van der Waals surface area contributed by atoms with Crippen LogP contribution in [-0.2, 0) is 0 Å². The summed E-state index contributed by atoms with van der Waals surface area (Å²) in [6.07, 6.45) is 8.42. The summed E-state index contributed by atoms with van der Waals surface area (Å²) in [4.78, 5) is 15.8. The molecule has 0 saturated heterocycles. The molecule has 1 aromatic rings. The molecule has 1 aliphatic carbocycles. The Balaban J connectivity index is 1.89. The fourth-order valence-electron chi connectivity index (χ4n) is 2.57. The maximum atomic E-state index is 11.7. The first-order valence-electron chi connectivity index (χ1n) is 7.27. The second-order valence-electron chi connectivity index (χ2n) is 5.17. The molecule has 2 N–H and O–H groups in total. The van der Waals surface area contributed by atoms with E-state index in [4.69, 9.17) is 0 Å². The van der Waals surface area contributed by atoms with E-state index in [0.29, 0.717) is 12.2 Å². The maximum absolute atomic E-state index is 11.7. The zero-order valence-corrected chi connectivity index (χ0v) is 11.6. The number of hydrogen-bond acceptors (Lipinski definition) is 3. The van der Waals surface area contributed by atoms with Gasteiger partial charge in [-0.3, -0.25) is 9.78 Å². The number of pyridine rings is 1. The predicted molar refractivity (Wildman–Crippen MR) is 77.3 cm³/mol. The van der Waals surface area contributed by atoms with Crippen molar-refractivity contribution in [2.45, 2.75) is 39.0 Å². The Kier molecular flexibility index (Phi) is 5.19. The third kappa shape index (κ3) is 4.23. The van der Waals surface area contributed by atoms with Crippen LogP contribution in [0.25, 0.3) is 0 Å². The lowest BCUT2D eigenvalue weighted by Gasteiger charge is -2.22. The standard InChI is InChI=1S/C15H23N3O/c1-2-16-15(19)14-10-13(8-9-17-14)18-11-12-6-4-3-5-7-12/h8-10,12H,2-7,11H2,1H3,(H,16,19)(H,17,18). The number of carbonyl (C=O) groups is 1. The number of carbonyl (C=O) groups excluding carboxylic acids is 1. The molecule has 1 amide bonds. The van der Waals surface area contributed by atoms with E-state index < -0.39 is 0 Å². The molecule has 1 aromatic heterocycles. The monoisotopic (exact) mass is 261 g/mol. The van der Waals surface area contributed by atoms with E-state index in [1.165, 1.54) is 32.1 Å². The van der Waals surface area contributed by atoms with Crippen LogP contribution in [-0.4, -0.2) is 24.0 Å². The van der Waals surface area contributed by atoms with Crippen molar-refractivity contribution in [2.75, 3.05) is 18.4 Å². The second-order valence-corrected chi connectivity index (χ2v) is 5.17. The van der Waals surface area contributed by atoms with Gasteiger partial charge in [0.2, 0.25) is 0 Å². The molecule has 0 unspecified atom stereocenters. The lowest BCUT2D eigenvalue weighted by atomic mass is 9.89. The third-order valence-corrected chi connectivity index (χ3v) is 3.65. The highest BCUT2D eigenvalue weighted by Crippen LogP contribution is 2.23. The molecule has 1 aliphatic rings. The molecule has 0 spiro atoms. The van der Waals surface area contributed by atoms with Gasteiger partial charge in [-0.1, -0.05) is 19.3 Å². The molecule has 0 bridgehead atoms. The van der Waals surface area contributed by atoms with Crippen LogP contribution in [0.2, 0.25) is 0 Å². The first-order valence-corrected chi connectivity index (χ1v) is 7.27. The smallest absolute Gasteiger partial charge is 0.269 e. The van der Waals surface area contributed by atoms with Gasteiger partial charge in [0.15, 0.2) is 0 Å². The van der Waals surface area contributed by atoms with Crippen molar-refractivity contribution in [1.29, 1.82) is 0 Å². The van der Waals surface area contributed by atoms with Crippen molar-refractivity contribution in [1.82, 2.24) is 10.3 Å². The maximum Gasteiger partial charge on any atom is 0.269 e. The van der Waals surface area contributed by atoms with Crippen molar-refractivity contribution in [3.05, 3.63) is 24.0 Å². The van der Waals surface area contributed by atoms with Crippen molar-refractivity contribution in [3.8, 4) is 0 Å². The minimum Gasteiger partial charge on any atom is -0.385 e. The summed E-state index contributed by atoms with van der Waals surface area (Å²) in [7, 11) is 0. The van der Waals surface area contributed by atoms with Gasteiger partial charge in [-0.2, -0.15) is 0 Å². The Morgan fingerprint density at radius 1 is 1.37 bits per heavy atom. The zero-order chi connectivity index (χ0) is 13.5. The van der Waals surface area contributed by atoms with E-state index in [1.54, 1.807) is 6.20 Å². The van der Waals surface area contributed by atoms with E-state index in [0.717, 1.165) is 18.2 Å². The van der Waals surface area contributed by atoms with E-state index in [9.17, 15) is 4.79 Å². The van der Waals surface area contributed by atoms with Crippen LogP contribution >= 0.6 is 0 Å². The van der Waals surface area contributed by atoms with E-state index in [1.807, 2.05) is 19.1 Å². The predicted octanol–water partition coefficient (Wildman–Crippen LogP) is 2.82. The number of aromatic nitrogens is 1. The fraction of sp³-hybridized carbons (Fsp3) is 0.600. The lowest BCUT2D eigenvalue weighted by molar-refractivity contribution is 0.0951. The highest BCUT2D eigenvalue weighted by molar-refractivity contribution is 5.93. The van der Waals surface area contributed by atoms with Crippen molar-refractivity contribution >= 4 is 11.6 Å². The molecule has 0 radical (unpaired) electrons. The van der Waals surface area contributed by atoms with Crippen LogP contribution in [0.5, 0.6) is 0 Å². The van der Waals surface area contributed by atoms with E-state index in [-0.39, 0.29) is 5.91 Å². The number of nitrogens with one attached hydrogen (secondary N) is 2. The first-order chi connectivity index (χ1) is 9.29. The molecule has 1 fully saturated rings. The van der Waals surface area contributed by atoms with Gasteiger partial charge >= 0.3 is 0 Å². The van der Waals surface area contributed by atoms with Gasteiger partial charge in [0.1, 0.15) is 5.69 Å². The molecule has 0 aromatic carbocycles. The third-order valence-electron chi connectivity index (χ3n) is 3.65. The highest BCUT2D eigenvalue weighted by atomic mass is 16.1. The van der Waals surface area contributed by atoms with Gasteiger partial charge in [0.05, 0.1) is 0 Å². The van der Waals surface area contributed by atoms with Crippen molar-refractivity contribution in [2.24, 2.45) is 5.92 Å². The largest absolute Gasteiger partial charge is 0.385 e. The van der Waals surface area contributed by atoms with Crippen molar-refractivity contribution in [3.63, 3.8) is 0 Å². The topological polar surface area (TPSA) is 54.0 Å². The SMILES string of the molecule is CCNC(=O)c1cc(NCC2CCCCC2)ccn1. The van der Waals surface area contributed by atoms with Crippen LogP contribution in [0.4, 0.5) is 5.69 Å². The molecule has 4 nitrogen and oxygen atoms in total. The molecular weight excluding hydrogens is 238 g/mol. The summed E-state index contributed by atoms with van der Waals surface area (Å²) in [6, 6.07) is 3.75. The Bertz CT molecular complexity index is 414. The van der Waals surface area contributed by atoms with Gasteiger partial charge < -0.3 is 10.6 Å². The number of amides is 1. The summed E-state index contributed by atoms with van der Waals surface area (Å²) in [5, 5.41) is 6.20. The average Bonchev–Trinajstić information content (AvgIpc) is 2.47. The molecule has 19 heavy (non-hydrogen) atoms. The number of hydrogen-bond donors (Lipinski definition) is 2. The summed E-state index contributed by atoms with van der Waals surface area (Å²) < 4.78 is 0. The van der Waals surface area contributed by atoms with Crippen LogP contribution in [0.15, 0.2) is 18.3 Å². The Labute approximate surface area is 115 Å². The number of rotatable bonds is 5. The Morgan fingerprint density at radius 2 is 2.16 bits per heavy atom. The van der Waals surface area contributed by atoms with Gasteiger partial charge in [0.25, 0.3) is 5.91 Å². The molecule has 1 heterocycles. The van der Waals surface area contributed by atoms with Gasteiger partial charge in [-0.25, -0.2) is 0 Å². The molecule has 2 rings (SSSR count). The number of anilines is 1. The van der Waals surface area contributed by atoms with Gasteiger partial charge in [-0.15, -0.1) is 0 Å². The minimum atomic E-state index is -0.108. The van der Waals surface area contributed by atoms with Crippen LogP contribution < -0.4 is 10.6 Å². The minimum absolute atomic E-state index is 0.108. The lowest BCUT2D eigenvalue weighted by Crippen LogP contribution is -2.24. The summed E-state index contributed by atoms with van der Waals surface area (Å²) in [5.74, 6) is 0.665. The molecule has 0 atom stereocenters. The van der Waals surface area contributed by atoms with Gasteiger partial charge in [-0.05, 0) is 37.8 Å². The highest BCUT2D eigenvalue weighted by Gasteiger charge is 2.13. The summed E-state index contributed by atoms with van der Waals surface area (Å²) in [6.45, 7) is 3.53. The molecule has 4 heteroatoms. The van der Waals surface area contributed by atoms with Gasteiger partial charge in [0, 0.05) is 25.0 Å². The zero-order valence-electron chi connectivity index (χ0n) is 11.6. The quantitative estimate of drug-likeness (QED) is 0.857. The number of nitrogens with zero attached hydrogens (tertiary/aromatic N) is 1. The molecule has 1 saturated carbocycles. The van der Waals surface area contributed by atoms with Crippen molar-refractivity contribution < 1.29 is 4.79 Å². The van der Waals surface area contributed by atoms with E-state index in [2.05, 4.69) is 15.6 Å². The normalized spacial score (nSPS) is 16.1. The summed E-state index contributed by atoms with van der Waals surface area (Å²) in [5.41, 5.74) is 1.47. The molecule has 104 valence electrons. The molecule has 0 aliphatic heterocycles. The van der Waals surface area contributed by atoms with E-state index >= 15 is 0 Å². The second kappa shape index (κ2) is 7.12. The van der Waals surface area contributed by atoms with Crippen LogP contribution in [0.3, 0.4) is 0 Å². The fourth-order valence-corrected chi connectivity index (χ4v) is 2.57. The Hall–Kier alpha value is -1.58. The van der Waals surface area contributed by atoms with Crippen LogP contribution in [0.1, 0.15) is 49.5 Å². The first kappa shape index (κ1) is 13.8.